The van der Waals surface area contributed by atoms with Crippen LogP contribution in [0.1, 0.15) is 37.1 Å². The van der Waals surface area contributed by atoms with Gasteiger partial charge in [-0.25, -0.2) is 15.4 Å². The van der Waals surface area contributed by atoms with E-state index in [1.807, 2.05) is 25.1 Å². The molecule has 142 valence electrons. The summed E-state index contributed by atoms with van der Waals surface area (Å²) in [6.07, 6.45) is 5.62. The van der Waals surface area contributed by atoms with Gasteiger partial charge in [-0.2, -0.15) is 0 Å². The lowest BCUT2D eigenvalue weighted by Crippen LogP contribution is -2.13. The van der Waals surface area contributed by atoms with E-state index in [0.717, 1.165) is 47.5 Å². The first-order valence-electron chi connectivity index (χ1n) is 9.62. The summed E-state index contributed by atoms with van der Waals surface area (Å²) in [6, 6.07) is 16.9. The van der Waals surface area contributed by atoms with Gasteiger partial charge in [0.15, 0.2) is 0 Å². The molecule has 0 aliphatic rings. The minimum atomic E-state index is 0.679. The van der Waals surface area contributed by atoms with Gasteiger partial charge in [-0.05, 0) is 56.0 Å². The summed E-state index contributed by atoms with van der Waals surface area (Å²) < 4.78 is 0. The highest BCUT2D eigenvalue weighted by molar-refractivity contribution is 5.91. The van der Waals surface area contributed by atoms with Crippen molar-refractivity contribution in [1.82, 2.24) is 15.4 Å². The van der Waals surface area contributed by atoms with E-state index in [1.54, 1.807) is 0 Å². The number of aromatic nitrogens is 2. The average molecular weight is 364 g/mol. The number of hydroxylamine groups is 1. The van der Waals surface area contributed by atoms with Crippen LogP contribution in [0.3, 0.4) is 0 Å². The van der Waals surface area contributed by atoms with Crippen LogP contribution >= 0.6 is 0 Å². The topological polar surface area (TPSA) is 61.3 Å². The first kappa shape index (κ1) is 19.3. The van der Waals surface area contributed by atoms with Gasteiger partial charge in [0.05, 0.1) is 5.52 Å². The summed E-state index contributed by atoms with van der Waals surface area (Å²) in [5, 5.41) is 9.63. The predicted octanol–water partition coefficient (Wildman–Crippen LogP) is 4.79. The Morgan fingerprint density at radius 3 is 2.44 bits per heavy atom. The quantitative estimate of drug-likeness (QED) is 0.422. The van der Waals surface area contributed by atoms with Crippen LogP contribution in [0.25, 0.3) is 10.9 Å². The maximum absolute atomic E-state index is 8.57. The molecule has 1 heterocycles. The molecule has 1 aromatic heterocycles. The fourth-order valence-electron chi connectivity index (χ4n) is 3.32. The number of rotatable bonds is 9. The predicted molar refractivity (Wildman–Crippen MR) is 111 cm³/mol. The Balaban J connectivity index is 1.67. The Kier molecular flexibility index (Phi) is 6.74. The molecule has 0 atom stereocenters. The molecule has 27 heavy (non-hydrogen) atoms. The molecule has 0 radical (unpaired) electrons. The van der Waals surface area contributed by atoms with Crippen molar-refractivity contribution in [2.24, 2.45) is 0 Å². The van der Waals surface area contributed by atoms with E-state index in [4.69, 9.17) is 5.21 Å². The molecule has 5 nitrogen and oxygen atoms in total. The third-order valence-corrected chi connectivity index (χ3v) is 4.84. The van der Waals surface area contributed by atoms with Crippen LogP contribution in [0.5, 0.6) is 0 Å². The zero-order chi connectivity index (χ0) is 19.1. The zero-order valence-electron chi connectivity index (χ0n) is 16.2. The fourth-order valence-corrected chi connectivity index (χ4v) is 3.32. The number of hydrogen-bond acceptors (Lipinski definition) is 5. The maximum Gasteiger partial charge on any atom is 0.144 e. The third kappa shape index (κ3) is 5.02. The van der Waals surface area contributed by atoms with E-state index in [9.17, 15) is 0 Å². The monoisotopic (exact) mass is 364 g/mol. The van der Waals surface area contributed by atoms with Gasteiger partial charge in [0.1, 0.15) is 11.6 Å². The first-order valence-corrected chi connectivity index (χ1v) is 9.62. The molecule has 2 aromatic carbocycles. The standard InChI is InChI=1S/C22H28N4O/c1-17-24-21-11-7-6-10-20(21)22(25-17)26(2)19-14-12-18(13-15-19)9-5-3-4-8-16-23-27/h6-7,10-15,23,27H,3-5,8-9,16H2,1-2H3. The van der Waals surface area contributed by atoms with E-state index in [-0.39, 0.29) is 0 Å². The lowest BCUT2D eigenvalue weighted by atomic mass is 10.1. The largest absolute Gasteiger partial charge is 0.329 e. The number of aryl methyl sites for hydroxylation is 2. The molecule has 2 N–H and O–H groups in total. The molecule has 0 amide bonds. The van der Waals surface area contributed by atoms with E-state index in [2.05, 4.69) is 57.7 Å². The molecule has 0 unspecified atom stereocenters. The first-order chi connectivity index (χ1) is 13.2. The summed E-state index contributed by atoms with van der Waals surface area (Å²) in [4.78, 5) is 11.3. The molecule has 0 saturated carbocycles. The highest BCUT2D eigenvalue weighted by atomic mass is 16.5. The summed E-state index contributed by atoms with van der Waals surface area (Å²) >= 11 is 0. The Morgan fingerprint density at radius 1 is 0.926 bits per heavy atom. The van der Waals surface area contributed by atoms with Crippen molar-refractivity contribution in [1.29, 1.82) is 0 Å². The minimum absolute atomic E-state index is 0.679. The zero-order valence-corrected chi connectivity index (χ0v) is 16.2. The second kappa shape index (κ2) is 9.44. The lowest BCUT2D eigenvalue weighted by molar-refractivity contribution is 0.164. The molecule has 0 aliphatic carbocycles. The molecule has 3 rings (SSSR count). The van der Waals surface area contributed by atoms with Crippen LogP contribution in [-0.2, 0) is 6.42 Å². The van der Waals surface area contributed by atoms with Gasteiger partial charge in [0.25, 0.3) is 0 Å². The normalized spacial score (nSPS) is 11.1. The van der Waals surface area contributed by atoms with Crippen LogP contribution in [-0.4, -0.2) is 28.8 Å². The summed E-state index contributed by atoms with van der Waals surface area (Å²) in [7, 11) is 2.05. The Labute approximate surface area is 161 Å². The number of para-hydroxylation sites is 1. The number of anilines is 2. The summed E-state index contributed by atoms with van der Waals surface area (Å²) in [5.74, 6) is 1.71. The van der Waals surface area contributed by atoms with Crippen LogP contribution in [0.15, 0.2) is 48.5 Å². The van der Waals surface area contributed by atoms with Crippen molar-refractivity contribution in [2.75, 3.05) is 18.5 Å². The molecule has 0 saturated heterocycles. The van der Waals surface area contributed by atoms with Gasteiger partial charge >= 0.3 is 0 Å². The summed E-state index contributed by atoms with van der Waals surface area (Å²) in [5.41, 5.74) is 5.66. The minimum Gasteiger partial charge on any atom is -0.329 e. The van der Waals surface area contributed by atoms with Gasteiger partial charge in [-0.15, -0.1) is 0 Å². The van der Waals surface area contributed by atoms with E-state index in [0.29, 0.717) is 6.54 Å². The second-order valence-corrected chi connectivity index (χ2v) is 6.91. The average Bonchev–Trinajstić information content (AvgIpc) is 2.70. The van der Waals surface area contributed by atoms with Crippen molar-refractivity contribution < 1.29 is 5.21 Å². The van der Waals surface area contributed by atoms with E-state index < -0.39 is 0 Å². The molecule has 0 spiro atoms. The third-order valence-electron chi connectivity index (χ3n) is 4.84. The maximum atomic E-state index is 8.57. The number of nitrogens with one attached hydrogen (secondary N) is 1. The van der Waals surface area contributed by atoms with Crippen molar-refractivity contribution in [3.63, 3.8) is 0 Å². The molecule has 0 aliphatic heterocycles. The number of nitrogens with zero attached hydrogens (tertiary/aromatic N) is 3. The highest BCUT2D eigenvalue weighted by Gasteiger charge is 2.11. The van der Waals surface area contributed by atoms with Crippen molar-refractivity contribution in [3.8, 4) is 0 Å². The Morgan fingerprint density at radius 2 is 1.67 bits per heavy atom. The van der Waals surface area contributed by atoms with Crippen LogP contribution in [0.2, 0.25) is 0 Å². The SMILES string of the molecule is Cc1nc(N(C)c2ccc(CCCCCCNO)cc2)c2ccccc2n1. The van der Waals surface area contributed by atoms with Gasteiger partial charge < -0.3 is 10.1 Å². The van der Waals surface area contributed by atoms with Gasteiger partial charge in [-0.3, -0.25) is 0 Å². The van der Waals surface area contributed by atoms with Gasteiger partial charge in [-0.1, -0.05) is 37.1 Å². The van der Waals surface area contributed by atoms with Crippen molar-refractivity contribution >= 4 is 22.4 Å². The lowest BCUT2D eigenvalue weighted by Gasteiger charge is -2.20. The fraction of sp³-hybridized carbons (Fsp3) is 0.364. The molecular weight excluding hydrogens is 336 g/mol. The number of benzene rings is 2. The van der Waals surface area contributed by atoms with Gasteiger partial charge in [0.2, 0.25) is 0 Å². The smallest absolute Gasteiger partial charge is 0.144 e. The van der Waals surface area contributed by atoms with Crippen molar-refractivity contribution in [3.05, 3.63) is 59.9 Å². The Bertz CT molecular complexity index is 864. The molecule has 5 heteroatoms. The van der Waals surface area contributed by atoms with Crippen LogP contribution in [0, 0.1) is 6.92 Å². The van der Waals surface area contributed by atoms with Crippen molar-refractivity contribution in [2.45, 2.75) is 39.0 Å². The van der Waals surface area contributed by atoms with E-state index >= 15 is 0 Å². The number of hydrogen-bond donors (Lipinski definition) is 2. The molecule has 3 aromatic rings. The summed E-state index contributed by atoms with van der Waals surface area (Å²) in [6.45, 7) is 2.61. The second-order valence-electron chi connectivity index (χ2n) is 6.91. The molecular formula is C22H28N4O. The van der Waals surface area contributed by atoms with Crippen LogP contribution < -0.4 is 10.4 Å². The Hall–Kier alpha value is -2.50. The number of fused-ring (bicyclic) bond motifs is 1. The molecule has 0 bridgehead atoms. The van der Waals surface area contributed by atoms with E-state index in [1.165, 1.54) is 18.4 Å². The van der Waals surface area contributed by atoms with Gasteiger partial charge in [0, 0.05) is 24.7 Å². The van der Waals surface area contributed by atoms with Crippen LogP contribution in [0.4, 0.5) is 11.5 Å². The number of unbranched alkanes of at least 4 members (excludes halogenated alkanes) is 3. The highest BCUT2D eigenvalue weighted by Crippen LogP contribution is 2.29. The molecule has 0 fully saturated rings.